The maximum Gasteiger partial charge on any atom is 0.411 e. The molecule has 6 nitrogen and oxygen atoms in total. The van der Waals surface area contributed by atoms with Gasteiger partial charge in [0.05, 0.1) is 11.6 Å². The zero-order chi connectivity index (χ0) is 16.2. The molecular formula is C15H18N2O4S2. The van der Waals surface area contributed by atoms with Crippen LogP contribution in [0.1, 0.15) is 5.56 Å². The Morgan fingerprint density at radius 3 is 2.78 bits per heavy atom. The molecule has 2 atom stereocenters. The lowest BCUT2D eigenvalue weighted by atomic mass is 10.2. The Morgan fingerprint density at radius 1 is 1.30 bits per heavy atom. The number of amides is 2. The van der Waals surface area contributed by atoms with Gasteiger partial charge in [0.25, 0.3) is 0 Å². The monoisotopic (exact) mass is 354 g/mol. The van der Waals surface area contributed by atoms with Crippen molar-refractivity contribution in [3.63, 3.8) is 0 Å². The third kappa shape index (κ3) is 3.87. The summed E-state index contributed by atoms with van der Waals surface area (Å²) in [6, 6.07) is 8.67. The number of carbonyl (C=O) groups excluding carboxylic acids is 2. The summed E-state index contributed by atoms with van der Waals surface area (Å²) in [7, 11) is -1.20. The third-order valence-electron chi connectivity index (χ3n) is 3.79. The fourth-order valence-corrected chi connectivity index (χ4v) is 4.88. The number of benzene rings is 1. The molecule has 0 N–H and O–H groups in total. The van der Waals surface area contributed by atoms with Gasteiger partial charge in [0.15, 0.2) is 0 Å². The van der Waals surface area contributed by atoms with E-state index in [0.717, 1.165) is 11.3 Å². The Morgan fingerprint density at radius 2 is 2.09 bits per heavy atom. The zero-order valence-corrected chi connectivity index (χ0v) is 14.2. The van der Waals surface area contributed by atoms with Crippen molar-refractivity contribution >= 4 is 34.6 Å². The Kier molecular flexibility index (Phi) is 5.22. The average Bonchev–Trinajstić information content (AvgIpc) is 3.22. The van der Waals surface area contributed by atoms with Crippen LogP contribution in [0.25, 0.3) is 0 Å². The zero-order valence-electron chi connectivity index (χ0n) is 12.6. The summed E-state index contributed by atoms with van der Waals surface area (Å²) in [4.78, 5) is 27.8. The van der Waals surface area contributed by atoms with Crippen molar-refractivity contribution in [3.05, 3.63) is 35.9 Å². The molecule has 1 aromatic carbocycles. The van der Waals surface area contributed by atoms with Crippen molar-refractivity contribution in [2.24, 2.45) is 0 Å². The predicted octanol–water partition coefficient (Wildman–Crippen LogP) is 1.25. The topological polar surface area (TPSA) is 66.9 Å². The summed E-state index contributed by atoms with van der Waals surface area (Å²) >= 11 is 1.68. The maximum absolute atomic E-state index is 12.5. The highest BCUT2D eigenvalue weighted by Crippen LogP contribution is 2.21. The summed E-state index contributed by atoms with van der Waals surface area (Å²) in [6.07, 6.45) is -0.579. The SMILES string of the molecule is O=C(C1CS(=O)CN1C(=O)OCc1ccccc1)N1CCSC1. The molecular weight excluding hydrogens is 336 g/mol. The van der Waals surface area contributed by atoms with Crippen LogP contribution in [0.2, 0.25) is 0 Å². The van der Waals surface area contributed by atoms with Crippen LogP contribution in [0.3, 0.4) is 0 Å². The number of hydrogen-bond acceptors (Lipinski definition) is 5. The summed E-state index contributed by atoms with van der Waals surface area (Å²) < 4.78 is 17.1. The van der Waals surface area contributed by atoms with Gasteiger partial charge in [0.1, 0.15) is 18.5 Å². The number of nitrogens with zero attached hydrogens (tertiary/aromatic N) is 2. The first-order valence-corrected chi connectivity index (χ1v) is 9.98. The van der Waals surface area contributed by atoms with Gasteiger partial charge in [-0.15, -0.1) is 11.8 Å². The predicted molar refractivity (Wildman–Crippen MR) is 89.2 cm³/mol. The second-order valence-electron chi connectivity index (χ2n) is 5.40. The van der Waals surface area contributed by atoms with Gasteiger partial charge in [-0.3, -0.25) is 13.9 Å². The van der Waals surface area contributed by atoms with Gasteiger partial charge >= 0.3 is 6.09 Å². The molecule has 0 aliphatic carbocycles. The molecule has 0 spiro atoms. The van der Waals surface area contributed by atoms with Gasteiger partial charge in [0, 0.05) is 23.1 Å². The molecule has 0 aromatic heterocycles. The third-order valence-corrected chi connectivity index (χ3v) is 6.01. The Hall–Kier alpha value is -1.54. The van der Waals surface area contributed by atoms with Gasteiger partial charge in [-0.05, 0) is 5.56 Å². The average molecular weight is 354 g/mol. The van der Waals surface area contributed by atoms with E-state index in [1.165, 1.54) is 4.90 Å². The normalized spacial score (nSPS) is 24.0. The minimum Gasteiger partial charge on any atom is -0.445 e. The second kappa shape index (κ2) is 7.35. The van der Waals surface area contributed by atoms with Crippen LogP contribution < -0.4 is 0 Å². The highest BCUT2D eigenvalue weighted by molar-refractivity contribution is 7.99. The van der Waals surface area contributed by atoms with Crippen molar-refractivity contribution in [1.82, 2.24) is 9.80 Å². The van der Waals surface area contributed by atoms with E-state index in [4.69, 9.17) is 4.74 Å². The van der Waals surface area contributed by atoms with Crippen LogP contribution in [0.4, 0.5) is 4.79 Å². The van der Waals surface area contributed by atoms with E-state index >= 15 is 0 Å². The van der Waals surface area contributed by atoms with Gasteiger partial charge < -0.3 is 9.64 Å². The fourth-order valence-electron chi connectivity index (χ4n) is 2.55. The number of rotatable bonds is 3. The van der Waals surface area contributed by atoms with Gasteiger partial charge in [-0.2, -0.15) is 0 Å². The van der Waals surface area contributed by atoms with Crippen molar-refractivity contribution in [3.8, 4) is 0 Å². The van der Waals surface area contributed by atoms with Crippen molar-refractivity contribution in [2.75, 3.05) is 29.8 Å². The number of carbonyl (C=O) groups is 2. The molecule has 0 radical (unpaired) electrons. The molecule has 8 heteroatoms. The molecule has 2 amide bonds. The van der Waals surface area contributed by atoms with Gasteiger partial charge in [-0.1, -0.05) is 30.3 Å². The van der Waals surface area contributed by atoms with E-state index in [1.54, 1.807) is 16.7 Å². The molecule has 0 bridgehead atoms. The smallest absolute Gasteiger partial charge is 0.411 e. The lowest BCUT2D eigenvalue weighted by Gasteiger charge is -2.25. The largest absolute Gasteiger partial charge is 0.445 e. The molecule has 2 unspecified atom stereocenters. The highest BCUT2D eigenvalue weighted by atomic mass is 32.2. The molecule has 2 aliphatic rings. The van der Waals surface area contributed by atoms with E-state index in [1.807, 2.05) is 30.3 Å². The van der Waals surface area contributed by atoms with Crippen LogP contribution in [0.5, 0.6) is 0 Å². The van der Waals surface area contributed by atoms with E-state index in [0.29, 0.717) is 12.4 Å². The molecule has 124 valence electrons. The molecule has 2 saturated heterocycles. The lowest BCUT2D eigenvalue weighted by Crippen LogP contribution is -2.48. The van der Waals surface area contributed by atoms with Crippen LogP contribution in [0.15, 0.2) is 30.3 Å². The van der Waals surface area contributed by atoms with E-state index < -0.39 is 22.9 Å². The molecule has 1 aromatic rings. The summed E-state index contributed by atoms with van der Waals surface area (Å²) in [6.45, 7) is 0.822. The number of hydrogen-bond donors (Lipinski definition) is 0. The van der Waals surface area contributed by atoms with Crippen LogP contribution in [-0.2, 0) is 26.9 Å². The quantitative estimate of drug-likeness (QED) is 0.817. The Bertz CT molecular complexity index is 605. The van der Waals surface area contributed by atoms with Crippen LogP contribution >= 0.6 is 11.8 Å². The highest BCUT2D eigenvalue weighted by Gasteiger charge is 2.41. The van der Waals surface area contributed by atoms with E-state index in [9.17, 15) is 13.8 Å². The Balaban J connectivity index is 1.63. The molecule has 2 fully saturated rings. The Labute approximate surface area is 141 Å². The van der Waals surface area contributed by atoms with Crippen molar-refractivity contribution < 1.29 is 18.5 Å². The first-order chi connectivity index (χ1) is 11.1. The standard InChI is InChI=1S/C15H18N2O4S2/c18-14(16-6-7-22-10-16)13-9-23(20)11-17(13)15(19)21-8-12-4-2-1-3-5-12/h1-5,13H,6-11H2. The lowest BCUT2D eigenvalue weighted by molar-refractivity contribution is -0.133. The molecule has 2 heterocycles. The summed E-state index contributed by atoms with van der Waals surface area (Å²) in [5.74, 6) is 1.66. The molecule has 23 heavy (non-hydrogen) atoms. The first kappa shape index (κ1) is 16.3. The molecule has 2 aliphatic heterocycles. The van der Waals surface area contributed by atoms with Crippen molar-refractivity contribution in [1.29, 1.82) is 0 Å². The van der Waals surface area contributed by atoms with Gasteiger partial charge in [0.2, 0.25) is 5.91 Å². The molecule has 3 rings (SSSR count). The van der Waals surface area contributed by atoms with Crippen LogP contribution in [0, 0.1) is 0 Å². The minimum atomic E-state index is -1.20. The summed E-state index contributed by atoms with van der Waals surface area (Å²) in [5.41, 5.74) is 0.875. The van der Waals surface area contributed by atoms with Crippen LogP contribution in [-0.4, -0.2) is 61.9 Å². The van der Waals surface area contributed by atoms with Crippen molar-refractivity contribution in [2.45, 2.75) is 12.6 Å². The fraction of sp³-hybridized carbons (Fsp3) is 0.467. The van der Waals surface area contributed by atoms with Gasteiger partial charge in [-0.25, -0.2) is 4.79 Å². The summed E-state index contributed by atoms with van der Waals surface area (Å²) in [5, 5.41) is 0. The first-order valence-electron chi connectivity index (χ1n) is 7.34. The van der Waals surface area contributed by atoms with E-state index in [-0.39, 0.29) is 24.1 Å². The number of ether oxygens (including phenoxy) is 1. The molecule has 0 saturated carbocycles. The second-order valence-corrected chi connectivity index (χ2v) is 7.95. The minimum absolute atomic E-state index is 0.0605. The number of thioether (sulfide) groups is 1. The van der Waals surface area contributed by atoms with E-state index in [2.05, 4.69) is 0 Å². The maximum atomic E-state index is 12.5.